The maximum atomic E-state index is 5.77. The second-order valence-electron chi connectivity index (χ2n) is 4.59. The van der Waals surface area contributed by atoms with E-state index in [4.69, 9.17) is 16.3 Å². The fourth-order valence-corrected chi connectivity index (χ4v) is 2.14. The van der Waals surface area contributed by atoms with Crippen LogP contribution in [0, 0.1) is 0 Å². The van der Waals surface area contributed by atoms with Gasteiger partial charge in [-0.3, -0.25) is 4.98 Å². The molecule has 0 aliphatic heterocycles. The van der Waals surface area contributed by atoms with Crippen molar-refractivity contribution in [3.8, 4) is 11.6 Å². The normalized spacial score (nSPS) is 10.3. The van der Waals surface area contributed by atoms with Crippen LogP contribution in [0.15, 0.2) is 67.0 Å². The van der Waals surface area contributed by atoms with Crippen molar-refractivity contribution < 1.29 is 4.74 Å². The van der Waals surface area contributed by atoms with E-state index in [0.717, 1.165) is 6.42 Å². The summed E-state index contributed by atoms with van der Waals surface area (Å²) in [6, 6.07) is 18.3. The molecule has 0 atom stereocenters. The first-order valence-corrected chi connectivity index (χ1v) is 6.96. The number of rotatable bonds is 4. The second-order valence-corrected chi connectivity index (χ2v) is 4.98. The molecule has 3 aromatic rings. The maximum absolute atomic E-state index is 5.77. The molecule has 0 aliphatic rings. The van der Waals surface area contributed by atoms with Gasteiger partial charge in [0, 0.05) is 0 Å². The van der Waals surface area contributed by atoms with Crippen molar-refractivity contribution in [2.75, 3.05) is 0 Å². The molecule has 0 aliphatic carbocycles. The Bertz CT molecular complexity index is 714. The zero-order valence-corrected chi connectivity index (χ0v) is 12.0. The highest BCUT2D eigenvalue weighted by atomic mass is 35.5. The summed E-state index contributed by atoms with van der Waals surface area (Å²) in [5.41, 5.74) is 2.51. The average Bonchev–Trinajstić information content (AvgIpc) is 2.50. The van der Waals surface area contributed by atoms with E-state index in [9.17, 15) is 0 Å². The van der Waals surface area contributed by atoms with Gasteiger partial charge in [-0.05, 0) is 29.7 Å². The third-order valence-electron chi connectivity index (χ3n) is 2.98. The summed E-state index contributed by atoms with van der Waals surface area (Å²) in [5, 5.41) is 0.313. The highest BCUT2D eigenvalue weighted by Crippen LogP contribution is 2.21. The van der Waals surface area contributed by atoms with Gasteiger partial charge < -0.3 is 4.74 Å². The summed E-state index contributed by atoms with van der Waals surface area (Å²) >= 11 is 5.77. The largest absolute Gasteiger partial charge is 0.437 e. The van der Waals surface area contributed by atoms with Crippen LogP contribution in [-0.2, 0) is 6.42 Å². The molecule has 104 valence electrons. The van der Waals surface area contributed by atoms with Crippen LogP contribution in [0.4, 0.5) is 0 Å². The smallest absolute Gasteiger partial charge is 0.239 e. The van der Waals surface area contributed by atoms with Crippen molar-refractivity contribution in [3.63, 3.8) is 0 Å². The molecule has 0 saturated heterocycles. The summed E-state index contributed by atoms with van der Waals surface area (Å²) in [6.45, 7) is 0. The molecule has 0 spiro atoms. The standard InChI is InChI=1S/C17H13ClN2O/c18-16-11-19-12-17(20-16)21-15-8-6-14(7-9-15)10-13-4-2-1-3-5-13/h1-9,11-12H,10H2. The maximum Gasteiger partial charge on any atom is 0.239 e. The number of ether oxygens (including phenoxy) is 1. The molecule has 0 bridgehead atoms. The fourth-order valence-electron chi connectivity index (χ4n) is 2.00. The molecule has 0 unspecified atom stereocenters. The minimum Gasteiger partial charge on any atom is -0.437 e. The first-order valence-electron chi connectivity index (χ1n) is 6.58. The third kappa shape index (κ3) is 3.80. The van der Waals surface area contributed by atoms with Crippen molar-refractivity contribution in [1.82, 2.24) is 9.97 Å². The Morgan fingerprint density at radius 1 is 0.857 bits per heavy atom. The van der Waals surface area contributed by atoms with Gasteiger partial charge in [0.1, 0.15) is 5.75 Å². The van der Waals surface area contributed by atoms with E-state index in [0.29, 0.717) is 16.8 Å². The quantitative estimate of drug-likeness (QED) is 0.710. The fraction of sp³-hybridized carbons (Fsp3) is 0.0588. The van der Waals surface area contributed by atoms with Gasteiger partial charge in [0.25, 0.3) is 0 Å². The summed E-state index contributed by atoms with van der Waals surface area (Å²) < 4.78 is 5.61. The lowest BCUT2D eigenvalue weighted by molar-refractivity contribution is 0.460. The lowest BCUT2D eigenvalue weighted by Crippen LogP contribution is -1.91. The van der Waals surface area contributed by atoms with E-state index in [2.05, 4.69) is 22.1 Å². The molecule has 0 fully saturated rings. The molecule has 21 heavy (non-hydrogen) atoms. The monoisotopic (exact) mass is 296 g/mol. The third-order valence-corrected chi connectivity index (χ3v) is 3.16. The Hall–Kier alpha value is -2.39. The van der Waals surface area contributed by atoms with Crippen molar-refractivity contribution >= 4 is 11.6 Å². The lowest BCUT2D eigenvalue weighted by Gasteiger charge is -2.06. The molecule has 0 N–H and O–H groups in total. The van der Waals surface area contributed by atoms with Crippen molar-refractivity contribution in [1.29, 1.82) is 0 Å². The number of aromatic nitrogens is 2. The van der Waals surface area contributed by atoms with Crippen LogP contribution >= 0.6 is 11.6 Å². The molecule has 0 amide bonds. The molecule has 4 heteroatoms. The topological polar surface area (TPSA) is 35.0 Å². The van der Waals surface area contributed by atoms with E-state index >= 15 is 0 Å². The van der Waals surface area contributed by atoms with Crippen molar-refractivity contribution in [2.45, 2.75) is 6.42 Å². The zero-order valence-electron chi connectivity index (χ0n) is 11.2. The number of nitrogens with zero attached hydrogens (tertiary/aromatic N) is 2. The Kier molecular flexibility index (Phi) is 4.12. The Morgan fingerprint density at radius 2 is 1.57 bits per heavy atom. The highest BCUT2D eigenvalue weighted by Gasteiger charge is 2.01. The van der Waals surface area contributed by atoms with Crippen LogP contribution in [0.5, 0.6) is 11.6 Å². The molecule has 3 nitrogen and oxygen atoms in total. The Balaban J connectivity index is 1.69. The van der Waals surface area contributed by atoms with E-state index in [1.807, 2.05) is 42.5 Å². The van der Waals surface area contributed by atoms with E-state index < -0.39 is 0 Å². The van der Waals surface area contributed by atoms with E-state index in [1.165, 1.54) is 23.5 Å². The lowest BCUT2D eigenvalue weighted by atomic mass is 10.1. The van der Waals surface area contributed by atoms with Gasteiger partial charge in [0.15, 0.2) is 5.15 Å². The van der Waals surface area contributed by atoms with E-state index in [-0.39, 0.29) is 0 Å². The van der Waals surface area contributed by atoms with Gasteiger partial charge in [-0.25, -0.2) is 0 Å². The van der Waals surface area contributed by atoms with Gasteiger partial charge >= 0.3 is 0 Å². The van der Waals surface area contributed by atoms with E-state index in [1.54, 1.807) is 0 Å². The predicted octanol–water partition coefficient (Wildman–Crippen LogP) is 4.51. The van der Waals surface area contributed by atoms with Crippen LogP contribution < -0.4 is 4.74 Å². The molecular weight excluding hydrogens is 284 g/mol. The first kappa shape index (κ1) is 13.6. The highest BCUT2D eigenvalue weighted by molar-refractivity contribution is 6.29. The summed E-state index contributed by atoms with van der Waals surface area (Å²) in [5.74, 6) is 1.10. The van der Waals surface area contributed by atoms with Gasteiger partial charge in [0.2, 0.25) is 5.88 Å². The SMILES string of the molecule is Clc1cncc(Oc2ccc(Cc3ccccc3)cc2)n1. The van der Waals surface area contributed by atoms with Crippen LogP contribution in [-0.4, -0.2) is 9.97 Å². The van der Waals surface area contributed by atoms with Crippen LogP contribution in [0.25, 0.3) is 0 Å². The molecule has 0 saturated carbocycles. The minimum atomic E-state index is 0.313. The van der Waals surface area contributed by atoms with Gasteiger partial charge in [-0.15, -0.1) is 0 Å². The molecule has 0 radical (unpaired) electrons. The molecule has 1 aromatic heterocycles. The minimum absolute atomic E-state index is 0.313. The molecule has 3 rings (SSSR count). The number of hydrogen-bond acceptors (Lipinski definition) is 3. The molecule has 2 aromatic carbocycles. The molecule has 1 heterocycles. The van der Waals surface area contributed by atoms with Gasteiger partial charge in [-0.1, -0.05) is 54.1 Å². The predicted molar refractivity (Wildman–Crippen MR) is 82.8 cm³/mol. The number of hydrogen-bond donors (Lipinski definition) is 0. The van der Waals surface area contributed by atoms with Crippen LogP contribution in [0.1, 0.15) is 11.1 Å². The second kappa shape index (κ2) is 6.37. The van der Waals surface area contributed by atoms with Crippen LogP contribution in [0.3, 0.4) is 0 Å². The molecular formula is C17H13ClN2O. The first-order chi connectivity index (χ1) is 10.3. The number of benzene rings is 2. The Labute approximate surface area is 128 Å². The zero-order chi connectivity index (χ0) is 14.5. The van der Waals surface area contributed by atoms with Crippen LogP contribution in [0.2, 0.25) is 5.15 Å². The summed E-state index contributed by atoms with van der Waals surface area (Å²) in [7, 11) is 0. The van der Waals surface area contributed by atoms with Gasteiger partial charge in [-0.2, -0.15) is 4.98 Å². The average molecular weight is 297 g/mol. The summed E-state index contributed by atoms with van der Waals surface area (Å²) in [4.78, 5) is 7.97. The van der Waals surface area contributed by atoms with Crippen molar-refractivity contribution in [3.05, 3.63) is 83.3 Å². The van der Waals surface area contributed by atoms with Gasteiger partial charge in [0.05, 0.1) is 12.4 Å². The number of halogens is 1. The van der Waals surface area contributed by atoms with Crippen molar-refractivity contribution in [2.24, 2.45) is 0 Å². The summed E-state index contributed by atoms with van der Waals surface area (Å²) in [6.07, 6.45) is 3.90. The Morgan fingerprint density at radius 3 is 2.29 bits per heavy atom.